The van der Waals surface area contributed by atoms with Crippen molar-refractivity contribution in [1.82, 2.24) is 0 Å². The minimum atomic E-state index is -1.11. The summed E-state index contributed by atoms with van der Waals surface area (Å²) in [5, 5.41) is 13.5. The van der Waals surface area contributed by atoms with Crippen molar-refractivity contribution < 1.29 is 14.7 Å². The van der Waals surface area contributed by atoms with Crippen molar-refractivity contribution in [3.63, 3.8) is 0 Å². The lowest BCUT2D eigenvalue weighted by molar-refractivity contribution is -0.145. The van der Waals surface area contributed by atoms with Gasteiger partial charge in [0.1, 0.15) is 5.54 Å². The van der Waals surface area contributed by atoms with Crippen LogP contribution < -0.4 is 10.2 Å². The molecule has 1 amide bonds. The van der Waals surface area contributed by atoms with E-state index in [-0.39, 0.29) is 5.91 Å². The second kappa shape index (κ2) is 9.00. The van der Waals surface area contributed by atoms with Gasteiger partial charge in [0.25, 0.3) is 0 Å². The van der Waals surface area contributed by atoms with Crippen LogP contribution in [0.1, 0.15) is 42.4 Å². The van der Waals surface area contributed by atoms with Crippen LogP contribution in [0.5, 0.6) is 0 Å². The van der Waals surface area contributed by atoms with Crippen molar-refractivity contribution in [3.8, 4) is 0 Å². The fourth-order valence-corrected chi connectivity index (χ4v) is 5.86. The Morgan fingerprint density at radius 2 is 1.66 bits per heavy atom. The van der Waals surface area contributed by atoms with E-state index in [1.807, 2.05) is 73.8 Å². The summed E-state index contributed by atoms with van der Waals surface area (Å²) in [7, 11) is 1.81. The second-order valence-electron chi connectivity index (χ2n) is 9.49. The molecular weight excluding hydrogens is 504 g/mol. The van der Waals surface area contributed by atoms with Crippen LogP contribution in [-0.4, -0.2) is 29.6 Å². The lowest BCUT2D eigenvalue weighted by atomic mass is 9.64. The molecule has 1 aliphatic carbocycles. The number of nitrogens with zero attached hydrogens (tertiary/aromatic N) is 1. The number of rotatable bonds is 5. The number of carboxylic acid groups (broad SMARTS) is 1. The van der Waals surface area contributed by atoms with E-state index in [1.54, 1.807) is 4.90 Å². The number of likely N-dealkylation sites (N-methyl/N-ethyl adjacent to an activating group) is 1. The van der Waals surface area contributed by atoms with Gasteiger partial charge < -0.3 is 15.3 Å². The summed E-state index contributed by atoms with van der Waals surface area (Å²) in [6.45, 7) is 0. The van der Waals surface area contributed by atoms with Crippen LogP contribution in [0.3, 0.4) is 0 Å². The van der Waals surface area contributed by atoms with E-state index in [0.717, 1.165) is 32.5 Å². The maximum atomic E-state index is 13.5. The SMILES string of the molecule is CN1C(=O)C2(CCC(Nc3cccc(Br)c3)(C(=O)O)CC2)c2cc(/C=C/c3ccccc3)ccc21. The quantitative estimate of drug-likeness (QED) is 0.377. The molecule has 5 nitrogen and oxygen atoms in total. The molecule has 1 heterocycles. The molecule has 0 bridgehead atoms. The Morgan fingerprint density at radius 1 is 0.943 bits per heavy atom. The molecule has 1 saturated carbocycles. The minimum absolute atomic E-state index is 0.0538. The standard InChI is InChI=1S/C29H27BrN2O3/c1-32-25-13-12-21(11-10-20-6-3-2-4-7-20)18-24(25)28(26(32)33)14-16-29(17-15-28,27(34)35)31-23-9-5-8-22(30)19-23/h2-13,18-19,31H,14-17H2,1H3,(H,34,35)/b11-10+. The molecule has 3 aromatic carbocycles. The molecule has 35 heavy (non-hydrogen) atoms. The molecule has 2 aliphatic rings. The summed E-state index contributed by atoms with van der Waals surface area (Å²) in [5.74, 6) is -0.830. The van der Waals surface area contributed by atoms with Crippen LogP contribution in [0.25, 0.3) is 12.2 Å². The van der Waals surface area contributed by atoms with E-state index in [1.165, 1.54) is 0 Å². The number of amides is 1. The van der Waals surface area contributed by atoms with Gasteiger partial charge in [-0.25, -0.2) is 4.79 Å². The first-order valence-electron chi connectivity index (χ1n) is 11.8. The van der Waals surface area contributed by atoms with Gasteiger partial charge in [-0.1, -0.05) is 70.5 Å². The Morgan fingerprint density at radius 3 is 2.34 bits per heavy atom. The highest BCUT2D eigenvalue weighted by atomic mass is 79.9. The fourth-order valence-electron chi connectivity index (χ4n) is 5.46. The smallest absolute Gasteiger partial charge is 0.329 e. The van der Waals surface area contributed by atoms with Crippen molar-refractivity contribution in [2.75, 3.05) is 17.3 Å². The Labute approximate surface area is 213 Å². The Bertz CT molecular complexity index is 1310. The Kier molecular flexibility index (Phi) is 6.01. The Hall–Kier alpha value is -3.38. The van der Waals surface area contributed by atoms with Crippen molar-refractivity contribution in [2.45, 2.75) is 36.6 Å². The van der Waals surface area contributed by atoms with Crippen LogP contribution in [0.4, 0.5) is 11.4 Å². The first-order valence-corrected chi connectivity index (χ1v) is 12.6. The van der Waals surface area contributed by atoms with Gasteiger partial charge in [0.2, 0.25) is 5.91 Å². The van der Waals surface area contributed by atoms with E-state index in [0.29, 0.717) is 25.7 Å². The first kappa shape index (κ1) is 23.4. The van der Waals surface area contributed by atoms with Crippen molar-refractivity contribution >= 4 is 51.3 Å². The van der Waals surface area contributed by atoms with Crippen LogP contribution in [0.2, 0.25) is 0 Å². The lowest BCUT2D eigenvalue weighted by Crippen LogP contribution is -2.54. The second-order valence-corrected chi connectivity index (χ2v) is 10.4. The van der Waals surface area contributed by atoms with Gasteiger partial charge in [0.15, 0.2) is 0 Å². The highest BCUT2D eigenvalue weighted by Gasteiger charge is 2.56. The average Bonchev–Trinajstić information content (AvgIpc) is 3.06. The zero-order valence-electron chi connectivity index (χ0n) is 19.5. The van der Waals surface area contributed by atoms with Crippen LogP contribution in [0.15, 0.2) is 77.3 Å². The van der Waals surface area contributed by atoms with Crippen molar-refractivity contribution in [2.24, 2.45) is 0 Å². The molecule has 1 spiro atoms. The molecular formula is C29H27BrN2O3. The van der Waals surface area contributed by atoms with E-state index >= 15 is 0 Å². The van der Waals surface area contributed by atoms with Gasteiger partial charge in [0, 0.05) is 22.9 Å². The van der Waals surface area contributed by atoms with Gasteiger partial charge in [-0.15, -0.1) is 0 Å². The third kappa shape index (κ3) is 4.16. The number of halogens is 1. The summed E-state index contributed by atoms with van der Waals surface area (Å²) in [4.78, 5) is 27.7. The molecule has 0 atom stereocenters. The number of anilines is 2. The van der Waals surface area contributed by atoms with Gasteiger partial charge in [-0.3, -0.25) is 4.79 Å². The van der Waals surface area contributed by atoms with Crippen molar-refractivity contribution in [1.29, 1.82) is 0 Å². The predicted molar refractivity (Wildman–Crippen MR) is 143 cm³/mol. The number of hydrogen-bond acceptors (Lipinski definition) is 3. The number of carbonyl (C=O) groups is 2. The number of hydrogen-bond donors (Lipinski definition) is 2. The monoisotopic (exact) mass is 530 g/mol. The van der Waals surface area contributed by atoms with E-state index in [9.17, 15) is 14.7 Å². The maximum absolute atomic E-state index is 13.5. The van der Waals surface area contributed by atoms with Crippen LogP contribution >= 0.6 is 15.9 Å². The fraction of sp³-hybridized carbons (Fsp3) is 0.241. The third-order valence-electron chi connectivity index (χ3n) is 7.45. The van der Waals surface area contributed by atoms with E-state index < -0.39 is 16.9 Å². The normalized spacial score (nSPS) is 23.6. The van der Waals surface area contributed by atoms with E-state index in [2.05, 4.69) is 39.5 Å². The van der Waals surface area contributed by atoms with Crippen LogP contribution in [0, 0.1) is 0 Å². The number of nitrogens with one attached hydrogen (secondary N) is 1. The predicted octanol–water partition coefficient (Wildman–Crippen LogP) is 6.34. The molecule has 0 unspecified atom stereocenters. The number of aliphatic carboxylic acids is 1. The summed E-state index contributed by atoms with van der Waals surface area (Å²) < 4.78 is 0.882. The summed E-state index contributed by atoms with van der Waals surface area (Å²) >= 11 is 3.45. The highest BCUT2D eigenvalue weighted by Crippen LogP contribution is 2.52. The number of carboxylic acids is 1. The number of carbonyl (C=O) groups excluding carboxylic acids is 1. The zero-order valence-corrected chi connectivity index (χ0v) is 21.1. The Balaban J connectivity index is 1.45. The molecule has 3 aromatic rings. The molecule has 178 valence electrons. The number of fused-ring (bicyclic) bond motifs is 2. The maximum Gasteiger partial charge on any atom is 0.329 e. The topological polar surface area (TPSA) is 69.6 Å². The molecule has 0 saturated heterocycles. The first-order chi connectivity index (χ1) is 16.8. The van der Waals surface area contributed by atoms with Crippen molar-refractivity contribution in [3.05, 3.63) is 94.0 Å². The lowest BCUT2D eigenvalue weighted by Gasteiger charge is -2.42. The number of benzene rings is 3. The summed E-state index contributed by atoms with van der Waals surface area (Å²) in [6.07, 6.45) is 5.79. The summed E-state index contributed by atoms with van der Waals surface area (Å²) in [6, 6.07) is 23.8. The van der Waals surface area contributed by atoms with Gasteiger partial charge >= 0.3 is 5.97 Å². The van der Waals surface area contributed by atoms with Gasteiger partial charge in [0.05, 0.1) is 5.41 Å². The summed E-state index contributed by atoms with van der Waals surface area (Å²) in [5.41, 5.74) is 2.99. The molecule has 2 N–H and O–H groups in total. The third-order valence-corrected chi connectivity index (χ3v) is 7.95. The highest BCUT2D eigenvalue weighted by molar-refractivity contribution is 9.10. The minimum Gasteiger partial charge on any atom is -0.480 e. The molecule has 0 radical (unpaired) electrons. The molecule has 1 aliphatic heterocycles. The zero-order chi connectivity index (χ0) is 24.6. The largest absolute Gasteiger partial charge is 0.480 e. The average molecular weight is 531 g/mol. The van der Waals surface area contributed by atoms with Gasteiger partial charge in [-0.2, -0.15) is 0 Å². The van der Waals surface area contributed by atoms with E-state index in [4.69, 9.17) is 0 Å². The molecule has 0 aromatic heterocycles. The van der Waals surface area contributed by atoms with Crippen LogP contribution in [-0.2, 0) is 15.0 Å². The van der Waals surface area contributed by atoms with Gasteiger partial charge in [-0.05, 0) is 72.7 Å². The molecule has 1 fully saturated rings. The molecule has 5 rings (SSSR count). The molecule has 6 heteroatoms.